The lowest BCUT2D eigenvalue weighted by Crippen LogP contribution is -2.36. The number of hydrogen-bond acceptors (Lipinski definition) is 7. The van der Waals surface area contributed by atoms with Crippen molar-refractivity contribution < 1.29 is 33.6 Å². The van der Waals surface area contributed by atoms with Gasteiger partial charge in [-0.05, 0) is 93.0 Å². The highest BCUT2D eigenvalue weighted by atomic mass is 16.6. The van der Waals surface area contributed by atoms with E-state index in [1.54, 1.807) is 18.2 Å². The van der Waals surface area contributed by atoms with Gasteiger partial charge in [-0.2, -0.15) is 0 Å². The Bertz CT molecular complexity index is 1250. The molecule has 1 atom stereocenters. The number of carbonyl (C=O) groups excluding carboxylic acids is 2. The van der Waals surface area contributed by atoms with E-state index < -0.39 is 17.5 Å². The quantitative estimate of drug-likeness (QED) is 0.346. The van der Waals surface area contributed by atoms with Crippen molar-refractivity contribution in [2.24, 2.45) is 22.7 Å². The summed E-state index contributed by atoms with van der Waals surface area (Å²) in [7, 11) is 1.45. The number of rotatable bonds is 5. The molecular weight excluding hydrogens is 484 g/mol. The van der Waals surface area contributed by atoms with E-state index in [0.717, 1.165) is 31.2 Å². The second-order valence-electron chi connectivity index (χ2n) is 12.5. The number of benzene rings is 2. The lowest BCUT2D eigenvalue weighted by molar-refractivity contribution is -0.147. The van der Waals surface area contributed by atoms with Crippen LogP contribution in [0.3, 0.4) is 0 Å². The van der Waals surface area contributed by atoms with Crippen LogP contribution in [0.1, 0.15) is 93.0 Å². The predicted molar refractivity (Wildman–Crippen MR) is 142 cm³/mol. The van der Waals surface area contributed by atoms with Crippen molar-refractivity contribution in [3.8, 4) is 23.0 Å². The van der Waals surface area contributed by atoms with Gasteiger partial charge in [0.05, 0.1) is 18.6 Å². The fourth-order valence-corrected chi connectivity index (χ4v) is 6.64. The topological polar surface area (TPSA) is 91.3 Å². The molecule has 0 saturated heterocycles. The molecule has 7 heteroatoms. The molecule has 1 unspecified atom stereocenters. The van der Waals surface area contributed by atoms with Crippen LogP contribution >= 0.6 is 0 Å². The summed E-state index contributed by atoms with van der Waals surface area (Å²) in [6.45, 7) is 9.99. The monoisotopic (exact) mass is 522 g/mol. The van der Waals surface area contributed by atoms with E-state index in [1.807, 2.05) is 40.7 Å². The fourth-order valence-electron chi connectivity index (χ4n) is 6.64. The van der Waals surface area contributed by atoms with Crippen molar-refractivity contribution in [2.45, 2.75) is 79.4 Å². The predicted octanol–water partition coefficient (Wildman–Crippen LogP) is 6.67. The van der Waals surface area contributed by atoms with Crippen LogP contribution in [0, 0.1) is 29.6 Å². The van der Waals surface area contributed by atoms with Crippen molar-refractivity contribution in [2.75, 3.05) is 7.11 Å². The molecule has 0 spiro atoms. The molecule has 2 aliphatic carbocycles. The number of esters is 2. The van der Waals surface area contributed by atoms with Gasteiger partial charge in [-0.3, -0.25) is 4.79 Å². The van der Waals surface area contributed by atoms with E-state index in [0.29, 0.717) is 40.9 Å². The molecular formula is C31H38O7. The van der Waals surface area contributed by atoms with Gasteiger partial charge < -0.3 is 24.1 Å². The smallest absolute Gasteiger partial charge is 0.346 e. The largest absolute Gasteiger partial charge is 0.495 e. The summed E-state index contributed by atoms with van der Waals surface area (Å²) in [6, 6.07) is 7.00. The highest BCUT2D eigenvalue weighted by Gasteiger charge is 2.57. The Morgan fingerprint density at radius 3 is 2.42 bits per heavy atom. The summed E-state index contributed by atoms with van der Waals surface area (Å²) >= 11 is 0. The van der Waals surface area contributed by atoms with Crippen LogP contribution < -0.4 is 14.2 Å². The second-order valence-corrected chi connectivity index (χ2v) is 12.5. The molecule has 0 radical (unpaired) electrons. The molecule has 38 heavy (non-hydrogen) atoms. The van der Waals surface area contributed by atoms with Gasteiger partial charge in [-0.1, -0.05) is 20.8 Å². The lowest BCUT2D eigenvalue weighted by atomic mass is 9.80. The van der Waals surface area contributed by atoms with E-state index in [-0.39, 0.29) is 35.1 Å². The van der Waals surface area contributed by atoms with Gasteiger partial charge in [0, 0.05) is 11.1 Å². The minimum Gasteiger partial charge on any atom is -0.495 e. The maximum atomic E-state index is 13.6. The van der Waals surface area contributed by atoms with Crippen molar-refractivity contribution in [1.82, 2.24) is 0 Å². The average molecular weight is 523 g/mol. The Hall–Kier alpha value is -3.06. The standard InChI is InChI=1S/C31H38O7/c1-17-13-18-16-36-28(33)25-23(12-11-21(27(25)35-6)22(32)15-30(2,3)4)37-26(18)24(14-17)38-29(34)31(5)19-7-8-20(31)10-9-19/h11-14,19-20,22,32H,7-10,15-16H2,1-6H3. The van der Waals surface area contributed by atoms with Gasteiger partial charge in [-0.25, -0.2) is 4.79 Å². The summed E-state index contributed by atoms with van der Waals surface area (Å²) in [5.41, 5.74) is 1.43. The van der Waals surface area contributed by atoms with Crippen LogP contribution in [-0.4, -0.2) is 24.2 Å². The van der Waals surface area contributed by atoms with Crippen molar-refractivity contribution >= 4 is 11.9 Å². The number of carbonyl (C=O) groups is 2. The minimum atomic E-state index is -0.845. The lowest BCUT2D eigenvalue weighted by Gasteiger charge is -2.29. The summed E-state index contributed by atoms with van der Waals surface area (Å²) in [4.78, 5) is 26.8. The van der Waals surface area contributed by atoms with Crippen molar-refractivity contribution in [1.29, 1.82) is 0 Å². The van der Waals surface area contributed by atoms with Crippen molar-refractivity contribution in [3.63, 3.8) is 0 Å². The molecule has 5 rings (SSSR count). The van der Waals surface area contributed by atoms with Crippen molar-refractivity contribution in [3.05, 3.63) is 46.5 Å². The van der Waals surface area contributed by atoms with Gasteiger partial charge >= 0.3 is 11.9 Å². The molecule has 1 aliphatic heterocycles. The third-order valence-corrected chi connectivity index (χ3v) is 8.64. The number of cyclic esters (lactones) is 1. The zero-order valence-corrected chi connectivity index (χ0v) is 23.2. The Kier molecular flexibility index (Phi) is 6.70. The highest BCUT2D eigenvalue weighted by molar-refractivity contribution is 5.97. The van der Waals surface area contributed by atoms with Crippen LogP contribution in [0.15, 0.2) is 24.3 Å². The first kappa shape index (κ1) is 26.5. The third kappa shape index (κ3) is 4.55. The molecule has 1 heterocycles. The minimum absolute atomic E-state index is 0.0553. The number of hydrogen-bond donors (Lipinski definition) is 1. The molecule has 2 aromatic carbocycles. The number of methoxy groups -OCH3 is 1. The number of ether oxygens (including phenoxy) is 4. The van der Waals surface area contributed by atoms with E-state index in [1.165, 1.54) is 7.11 Å². The molecule has 2 aromatic rings. The molecule has 2 saturated carbocycles. The van der Waals surface area contributed by atoms with E-state index >= 15 is 0 Å². The average Bonchev–Trinajstić information content (AvgIpc) is 3.34. The molecule has 0 amide bonds. The molecule has 0 aromatic heterocycles. The normalized spacial score (nSPS) is 24.9. The maximum Gasteiger partial charge on any atom is 0.346 e. The molecule has 204 valence electrons. The summed E-state index contributed by atoms with van der Waals surface area (Å²) in [5, 5.41) is 11.0. The summed E-state index contributed by atoms with van der Waals surface area (Å²) in [6.07, 6.45) is 3.87. The number of aliphatic hydroxyl groups is 1. The molecule has 2 bridgehead atoms. The molecule has 3 aliphatic rings. The highest BCUT2D eigenvalue weighted by Crippen LogP contribution is 2.58. The van der Waals surface area contributed by atoms with Crippen LogP contribution in [0.2, 0.25) is 0 Å². The molecule has 2 fully saturated rings. The molecule has 1 N–H and O–H groups in total. The van der Waals surface area contributed by atoms with E-state index in [4.69, 9.17) is 18.9 Å². The summed E-state index contributed by atoms with van der Waals surface area (Å²) < 4.78 is 23.7. The fraction of sp³-hybridized carbons (Fsp3) is 0.548. The zero-order valence-electron chi connectivity index (χ0n) is 23.2. The van der Waals surface area contributed by atoms with Gasteiger partial charge in [0.15, 0.2) is 11.5 Å². The van der Waals surface area contributed by atoms with Crippen LogP contribution in [-0.2, 0) is 16.1 Å². The SMILES string of the molecule is COc1c(C(O)CC(C)(C)C)ccc2c1C(=O)OCc1cc(C)cc(OC(=O)C3(C)C4CCC3CC4)c1O2. The number of aliphatic hydroxyl groups excluding tert-OH is 1. The third-order valence-electron chi connectivity index (χ3n) is 8.64. The first-order chi connectivity index (χ1) is 17.9. The Balaban J connectivity index is 1.54. The zero-order chi connectivity index (χ0) is 27.4. The molecule has 7 nitrogen and oxygen atoms in total. The van der Waals surface area contributed by atoms with Gasteiger partial charge in [0.1, 0.15) is 23.7 Å². The van der Waals surface area contributed by atoms with Crippen LogP contribution in [0.25, 0.3) is 0 Å². The Morgan fingerprint density at radius 1 is 1.16 bits per heavy atom. The number of aryl methyl sites for hydroxylation is 1. The number of fused-ring (bicyclic) bond motifs is 4. The van der Waals surface area contributed by atoms with Gasteiger partial charge in [-0.15, -0.1) is 0 Å². The van der Waals surface area contributed by atoms with Gasteiger partial charge in [0.25, 0.3) is 0 Å². The van der Waals surface area contributed by atoms with E-state index in [2.05, 4.69) is 0 Å². The second kappa shape index (κ2) is 9.60. The maximum absolute atomic E-state index is 13.6. The first-order valence-corrected chi connectivity index (χ1v) is 13.5. The Morgan fingerprint density at radius 2 is 1.82 bits per heavy atom. The first-order valence-electron chi connectivity index (χ1n) is 13.5. The summed E-state index contributed by atoms with van der Waals surface area (Å²) in [5.74, 6) is 0.946. The van der Waals surface area contributed by atoms with Crippen LogP contribution in [0.4, 0.5) is 0 Å². The van der Waals surface area contributed by atoms with E-state index in [9.17, 15) is 14.7 Å². The van der Waals surface area contributed by atoms with Gasteiger partial charge in [0.2, 0.25) is 0 Å². The van der Waals surface area contributed by atoms with Crippen LogP contribution in [0.5, 0.6) is 23.0 Å². The Labute approximate surface area is 224 Å².